The Balaban J connectivity index is 2.14. The summed E-state index contributed by atoms with van der Waals surface area (Å²) >= 11 is 6.00. The minimum absolute atomic E-state index is 0.176. The Morgan fingerprint density at radius 1 is 1.33 bits per heavy atom. The Morgan fingerprint density at radius 2 is 2.10 bits per heavy atom. The molecule has 2 rings (SSSR count). The summed E-state index contributed by atoms with van der Waals surface area (Å²) in [5.41, 5.74) is 1.79. The van der Waals surface area contributed by atoms with Gasteiger partial charge in [0, 0.05) is 22.9 Å². The lowest BCUT2D eigenvalue weighted by Gasteiger charge is -2.18. The molecule has 0 aliphatic carbocycles. The van der Waals surface area contributed by atoms with Crippen LogP contribution in [0.3, 0.4) is 0 Å². The zero-order chi connectivity index (χ0) is 15.5. The van der Waals surface area contributed by atoms with Gasteiger partial charge < -0.3 is 5.32 Å². The summed E-state index contributed by atoms with van der Waals surface area (Å²) in [5.74, 6) is -0.213. The first kappa shape index (κ1) is 15.4. The summed E-state index contributed by atoms with van der Waals surface area (Å²) in [6, 6.07) is 6.89. The molecule has 2 aromatic heterocycles. The van der Waals surface area contributed by atoms with Crippen molar-refractivity contribution in [3.63, 3.8) is 0 Å². The van der Waals surface area contributed by atoms with Crippen LogP contribution in [0.15, 0.2) is 30.5 Å². The van der Waals surface area contributed by atoms with Crippen LogP contribution in [0.25, 0.3) is 0 Å². The molecule has 0 unspecified atom stereocenters. The van der Waals surface area contributed by atoms with E-state index in [1.54, 1.807) is 30.5 Å². The van der Waals surface area contributed by atoms with Crippen molar-refractivity contribution < 1.29 is 4.79 Å². The molecule has 5 nitrogen and oxygen atoms in total. The number of hydrogen-bond donors (Lipinski definition) is 1. The number of pyridine rings is 1. The molecule has 0 aromatic carbocycles. The van der Waals surface area contributed by atoms with Gasteiger partial charge in [-0.05, 0) is 24.3 Å². The van der Waals surface area contributed by atoms with Crippen LogP contribution >= 0.6 is 11.6 Å². The third-order valence-electron chi connectivity index (χ3n) is 2.88. The standard InChI is InChI=1S/C15H17ClN4O/c1-15(2,3)12-7-10(8-13(16)19-12)14(21)17-9-11-5-4-6-18-20-11/h4-8H,9H2,1-3H3,(H,17,21). The van der Waals surface area contributed by atoms with Gasteiger partial charge in [0.2, 0.25) is 0 Å². The van der Waals surface area contributed by atoms with Gasteiger partial charge in [-0.1, -0.05) is 32.4 Å². The average Bonchev–Trinajstić information content (AvgIpc) is 2.44. The number of halogens is 1. The van der Waals surface area contributed by atoms with E-state index in [4.69, 9.17) is 11.6 Å². The third kappa shape index (κ3) is 4.23. The zero-order valence-corrected chi connectivity index (χ0v) is 13.0. The Kier molecular flexibility index (Phi) is 4.53. The molecular formula is C15H17ClN4O. The van der Waals surface area contributed by atoms with Crippen LogP contribution in [0.5, 0.6) is 0 Å². The van der Waals surface area contributed by atoms with Gasteiger partial charge in [0.25, 0.3) is 5.91 Å². The fourth-order valence-corrected chi connectivity index (χ4v) is 1.92. The second kappa shape index (κ2) is 6.18. The zero-order valence-electron chi connectivity index (χ0n) is 12.2. The normalized spacial score (nSPS) is 11.2. The maximum atomic E-state index is 12.2. The molecule has 0 saturated carbocycles. The number of rotatable bonds is 3. The van der Waals surface area contributed by atoms with Crippen LogP contribution in [0.1, 0.15) is 42.5 Å². The van der Waals surface area contributed by atoms with Gasteiger partial charge in [-0.3, -0.25) is 4.79 Å². The Bertz CT molecular complexity index is 638. The van der Waals surface area contributed by atoms with Gasteiger partial charge in [-0.15, -0.1) is 0 Å². The number of nitrogens with zero attached hydrogens (tertiary/aromatic N) is 3. The first-order valence-electron chi connectivity index (χ1n) is 6.59. The molecule has 0 bridgehead atoms. The Morgan fingerprint density at radius 3 is 2.71 bits per heavy atom. The lowest BCUT2D eigenvalue weighted by Crippen LogP contribution is -2.24. The molecule has 1 N–H and O–H groups in total. The third-order valence-corrected chi connectivity index (χ3v) is 3.08. The van der Waals surface area contributed by atoms with E-state index in [1.165, 1.54) is 0 Å². The first-order chi connectivity index (χ1) is 9.86. The number of nitrogens with one attached hydrogen (secondary N) is 1. The molecule has 2 aromatic rings. The second-order valence-corrected chi connectivity index (χ2v) is 6.10. The number of hydrogen-bond acceptors (Lipinski definition) is 4. The molecule has 2 heterocycles. The quantitative estimate of drug-likeness (QED) is 0.885. The molecule has 1 amide bonds. The number of aromatic nitrogens is 3. The molecule has 0 radical (unpaired) electrons. The number of carbonyl (C=O) groups excluding carboxylic acids is 1. The Hall–Kier alpha value is -2.01. The van der Waals surface area contributed by atoms with Crippen LogP contribution in [0.2, 0.25) is 5.15 Å². The SMILES string of the molecule is CC(C)(C)c1cc(C(=O)NCc2cccnn2)cc(Cl)n1. The maximum absolute atomic E-state index is 12.2. The molecule has 0 atom stereocenters. The molecule has 21 heavy (non-hydrogen) atoms. The number of amides is 1. The van der Waals surface area contributed by atoms with Gasteiger partial charge >= 0.3 is 0 Å². The summed E-state index contributed by atoms with van der Waals surface area (Å²) in [4.78, 5) is 16.5. The fraction of sp³-hybridized carbons (Fsp3) is 0.333. The summed E-state index contributed by atoms with van der Waals surface area (Å²) in [5, 5.41) is 10.8. The van der Waals surface area contributed by atoms with Crippen molar-refractivity contribution in [2.24, 2.45) is 0 Å². The van der Waals surface area contributed by atoms with E-state index in [2.05, 4.69) is 20.5 Å². The fourth-order valence-electron chi connectivity index (χ4n) is 1.71. The molecule has 0 aliphatic rings. The van der Waals surface area contributed by atoms with E-state index in [0.717, 1.165) is 5.69 Å². The van der Waals surface area contributed by atoms with E-state index < -0.39 is 0 Å². The van der Waals surface area contributed by atoms with Crippen molar-refractivity contribution in [1.82, 2.24) is 20.5 Å². The molecule has 0 fully saturated rings. The average molecular weight is 305 g/mol. The van der Waals surface area contributed by atoms with Crippen molar-refractivity contribution in [3.05, 3.63) is 52.6 Å². The summed E-state index contributed by atoms with van der Waals surface area (Å²) in [6.45, 7) is 6.38. The van der Waals surface area contributed by atoms with E-state index in [1.807, 2.05) is 20.8 Å². The topological polar surface area (TPSA) is 67.8 Å². The summed E-state index contributed by atoms with van der Waals surface area (Å²) < 4.78 is 0. The summed E-state index contributed by atoms with van der Waals surface area (Å²) in [6.07, 6.45) is 1.59. The van der Waals surface area contributed by atoms with Crippen molar-refractivity contribution in [2.45, 2.75) is 32.7 Å². The molecule has 110 valence electrons. The van der Waals surface area contributed by atoms with E-state index in [0.29, 0.717) is 23.0 Å². The van der Waals surface area contributed by atoms with Crippen LogP contribution in [-0.4, -0.2) is 21.1 Å². The molecule has 0 spiro atoms. The van der Waals surface area contributed by atoms with Gasteiger partial charge in [-0.25, -0.2) is 4.98 Å². The van der Waals surface area contributed by atoms with Crippen LogP contribution in [0.4, 0.5) is 0 Å². The van der Waals surface area contributed by atoms with Crippen molar-refractivity contribution in [3.8, 4) is 0 Å². The van der Waals surface area contributed by atoms with Gasteiger partial charge in [0.1, 0.15) is 5.15 Å². The van der Waals surface area contributed by atoms with Gasteiger partial charge in [0.05, 0.1) is 12.2 Å². The lowest BCUT2D eigenvalue weighted by atomic mass is 9.91. The van der Waals surface area contributed by atoms with Gasteiger partial charge in [0.15, 0.2) is 0 Å². The van der Waals surface area contributed by atoms with Gasteiger partial charge in [-0.2, -0.15) is 10.2 Å². The highest BCUT2D eigenvalue weighted by atomic mass is 35.5. The summed E-state index contributed by atoms with van der Waals surface area (Å²) in [7, 11) is 0. The second-order valence-electron chi connectivity index (χ2n) is 5.71. The predicted molar refractivity (Wildman–Crippen MR) is 81.1 cm³/mol. The molecule has 0 saturated heterocycles. The van der Waals surface area contributed by atoms with Crippen molar-refractivity contribution >= 4 is 17.5 Å². The van der Waals surface area contributed by atoms with Crippen molar-refractivity contribution in [1.29, 1.82) is 0 Å². The minimum atomic E-state index is -0.213. The van der Waals surface area contributed by atoms with Crippen molar-refractivity contribution in [2.75, 3.05) is 0 Å². The van der Waals surface area contributed by atoms with Crippen LogP contribution in [-0.2, 0) is 12.0 Å². The van der Waals surface area contributed by atoms with Crippen LogP contribution in [0, 0.1) is 0 Å². The van der Waals surface area contributed by atoms with E-state index >= 15 is 0 Å². The molecular weight excluding hydrogens is 288 g/mol. The number of carbonyl (C=O) groups is 1. The lowest BCUT2D eigenvalue weighted by molar-refractivity contribution is 0.0950. The highest BCUT2D eigenvalue weighted by Crippen LogP contribution is 2.23. The van der Waals surface area contributed by atoms with E-state index in [9.17, 15) is 4.79 Å². The first-order valence-corrected chi connectivity index (χ1v) is 6.97. The maximum Gasteiger partial charge on any atom is 0.251 e. The predicted octanol–water partition coefficient (Wildman–Crippen LogP) is 2.75. The largest absolute Gasteiger partial charge is 0.346 e. The highest BCUT2D eigenvalue weighted by Gasteiger charge is 2.18. The highest BCUT2D eigenvalue weighted by molar-refractivity contribution is 6.29. The Labute approximate surface area is 128 Å². The van der Waals surface area contributed by atoms with E-state index in [-0.39, 0.29) is 11.3 Å². The minimum Gasteiger partial charge on any atom is -0.346 e. The smallest absolute Gasteiger partial charge is 0.251 e. The molecule has 6 heteroatoms. The van der Waals surface area contributed by atoms with Crippen LogP contribution < -0.4 is 5.32 Å². The monoisotopic (exact) mass is 304 g/mol. The molecule has 0 aliphatic heterocycles.